The van der Waals surface area contributed by atoms with Gasteiger partial charge in [-0.05, 0) is 31.9 Å². The first-order valence-electron chi connectivity index (χ1n) is 8.46. The lowest BCUT2D eigenvalue weighted by atomic mass is 10.1. The molecule has 0 saturated carbocycles. The standard InChI is InChI=1S/C19H22FN3O2/c1-13-8-18(24)16(10-21-13)19(25)22-9-14-6-7-23(11-14)12-15-4-2-3-5-17(15)20/h2-5,8,10,14H,6-7,9,11-12H2,1H3,(H,21,24)(H,22,25). The summed E-state index contributed by atoms with van der Waals surface area (Å²) in [5.41, 5.74) is 1.27. The number of rotatable bonds is 5. The van der Waals surface area contributed by atoms with Crippen molar-refractivity contribution < 1.29 is 9.18 Å². The summed E-state index contributed by atoms with van der Waals surface area (Å²) in [4.78, 5) is 29.1. The number of hydrogen-bond donors (Lipinski definition) is 2. The molecular formula is C19H22FN3O2. The van der Waals surface area contributed by atoms with E-state index in [9.17, 15) is 14.0 Å². The maximum absolute atomic E-state index is 13.7. The Kier molecular flexibility index (Phi) is 5.28. The highest BCUT2D eigenvalue weighted by molar-refractivity contribution is 5.93. The summed E-state index contributed by atoms with van der Waals surface area (Å²) in [5, 5.41) is 2.84. The minimum Gasteiger partial charge on any atom is -0.364 e. The smallest absolute Gasteiger partial charge is 0.256 e. The maximum Gasteiger partial charge on any atom is 0.256 e. The normalized spacial score (nSPS) is 17.6. The highest BCUT2D eigenvalue weighted by Crippen LogP contribution is 2.19. The lowest BCUT2D eigenvalue weighted by Gasteiger charge is -2.16. The molecule has 3 rings (SSSR count). The molecule has 6 heteroatoms. The van der Waals surface area contributed by atoms with E-state index in [1.54, 1.807) is 19.1 Å². The van der Waals surface area contributed by atoms with Gasteiger partial charge in [0.1, 0.15) is 11.4 Å². The molecule has 25 heavy (non-hydrogen) atoms. The maximum atomic E-state index is 13.7. The lowest BCUT2D eigenvalue weighted by molar-refractivity contribution is 0.0946. The number of pyridine rings is 1. The van der Waals surface area contributed by atoms with Gasteiger partial charge in [0.2, 0.25) is 0 Å². The molecule has 1 aromatic heterocycles. The van der Waals surface area contributed by atoms with E-state index in [1.807, 2.05) is 6.07 Å². The Bertz CT molecular complexity index is 818. The Balaban J connectivity index is 1.51. The van der Waals surface area contributed by atoms with Crippen molar-refractivity contribution in [2.24, 2.45) is 5.92 Å². The Hall–Kier alpha value is -2.47. The molecule has 0 aliphatic carbocycles. The molecule has 132 valence electrons. The molecule has 1 unspecified atom stereocenters. The molecule has 0 bridgehead atoms. The van der Waals surface area contributed by atoms with Crippen molar-refractivity contribution in [3.63, 3.8) is 0 Å². The zero-order valence-electron chi connectivity index (χ0n) is 14.2. The van der Waals surface area contributed by atoms with Gasteiger partial charge in [-0.15, -0.1) is 0 Å². The topological polar surface area (TPSA) is 65.2 Å². The van der Waals surface area contributed by atoms with Gasteiger partial charge >= 0.3 is 0 Å². The van der Waals surface area contributed by atoms with Crippen LogP contribution in [0, 0.1) is 18.7 Å². The van der Waals surface area contributed by atoms with Crippen LogP contribution >= 0.6 is 0 Å². The van der Waals surface area contributed by atoms with Crippen LogP contribution in [-0.2, 0) is 6.54 Å². The number of nitrogens with one attached hydrogen (secondary N) is 2. The third-order valence-corrected chi connectivity index (χ3v) is 4.57. The zero-order valence-corrected chi connectivity index (χ0v) is 14.2. The van der Waals surface area contributed by atoms with Crippen molar-refractivity contribution in [1.29, 1.82) is 0 Å². The van der Waals surface area contributed by atoms with Crippen LogP contribution in [0.25, 0.3) is 0 Å². The average molecular weight is 343 g/mol. The van der Waals surface area contributed by atoms with Crippen molar-refractivity contribution in [3.05, 3.63) is 69.4 Å². The molecular weight excluding hydrogens is 321 g/mol. The van der Waals surface area contributed by atoms with Gasteiger partial charge in [0.15, 0.2) is 5.43 Å². The number of nitrogens with zero attached hydrogens (tertiary/aromatic N) is 1. The second kappa shape index (κ2) is 7.61. The number of aromatic nitrogens is 1. The first kappa shape index (κ1) is 17.4. The number of carbonyl (C=O) groups is 1. The Morgan fingerprint density at radius 2 is 2.20 bits per heavy atom. The molecule has 1 atom stereocenters. The average Bonchev–Trinajstić information content (AvgIpc) is 3.02. The summed E-state index contributed by atoms with van der Waals surface area (Å²) in [6.45, 7) is 4.54. The molecule has 1 amide bonds. The number of aromatic amines is 1. The SMILES string of the molecule is Cc1cc(=O)c(C(=O)NCC2CCN(Cc3ccccc3F)C2)c[nH]1. The van der Waals surface area contributed by atoms with E-state index >= 15 is 0 Å². The van der Waals surface area contributed by atoms with Gasteiger partial charge in [0, 0.05) is 43.2 Å². The first-order valence-corrected chi connectivity index (χ1v) is 8.46. The fourth-order valence-corrected chi connectivity index (χ4v) is 3.17. The predicted octanol–water partition coefficient (Wildman–Crippen LogP) is 2.07. The second-order valence-electron chi connectivity index (χ2n) is 6.59. The van der Waals surface area contributed by atoms with Gasteiger partial charge in [-0.3, -0.25) is 14.5 Å². The highest BCUT2D eigenvalue weighted by atomic mass is 19.1. The van der Waals surface area contributed by atoms with Crippen molar-refractivity contribution in [2.45, 2.75) is 19.9 Å². The third kappa shape index (κ3) is 4.33. The van der Waals surface area contributed by atoms with E-state index in [2.05, 4.69) is 15.2 Å². The Morgan fingerprint density at radius 3 is 2.96 bits per heavy atom. The molecule has 1 aliphatic rings. The van der Waals surface area contributed by atoms with E-state index < -0.39 is 0 Å². The molecule has 2 aromatic rings. The van der Waals surface area contributed by atoms with Gasteiger partial charge < -0.3 is 10.3 Å². The minimum absolute atomic E-state index is 0.131. The van der Waals surface area contributed by atoms with Gasteiger partial charge in [0.05, 0.1) is 0 Å². The van der Waals surface area contributed by atoms with Gasteiger partial charge in [-0.2, -0.15) is 0 Å². The fraction of sp³-hybridized carbons (Fsp3) is 0.368. The van der Waals surface area contributed by atoms with Crippen LogP contribution in [0.15, 0.2) is 41.3 Å². The van der Waals surface area contributed by atoms with E-state index in [4.69, 9.17) is 0 Å². The second-order valence-corrected chi connectivity index (χ2v) is 6.59. The third-order valence-electron chi connectivity index (χ3n) is 4.57. The molecule has 0 radical (unpaired) electrons. The molecule has 1 fully saturated rings. The number of likely N-dealkylation sites (tertiary alicyclic amines) is 1. The van der Waals surface area contributed by atoms with Gasteiger partial charge in [0.25, 0.3) is 5.91 Å². The predicted molar refractivity (Wildman–Crippen MR) is 93.9 cm³/mol. The van der Waals surface area contributed by atoms with E-state index in [0.717, 1.165) is 25.2 Å². The van der Waals surface area contributed by atoms with Crippen molar-refractivity contribution in [1.82, 2.24) is 15.2 Å². The number of carbonyl (C=O) groups excluding carboxylic acids is 1. The van der Waals surface area contributed by atoms with Crippen LogP contribution in [0.3, 0.4) is 0 Å². The monoisotopic (exact) mass is 343 g/mol. The summed E-state index contributed by atoms with van der Waals surface area (Å²) < 4.78 is 13.7. The molecule has 1 aromatic carbocycles. The first-order chi connectivity index (χ1) is 12.0. The summed E-state index contributed by atoms with van der Waals surface area (Å²) in [6, 6.07) is 8.22. The quantitative estimate of drug-likeness (QED) is 0.874. The van der Waals surface area contributed by atoms with Gasteiger partial charge in [-0.25, -0.2) is 4.39 Å². The summed E-state index contributed by atoms with van der Waals surface area (Å²) >= 11 is 0. The summed E-state index contributed by atoms with van der Waals surface area (Å²) in [7, 11) is 0. The lowest BCUT2D eigenvalue weighted by Crippen LogP contribution is -2.33. The number of hydrogen-bond acceptors (Lipinski definition) is 3. The highest BCUT2D eigenvalue weighted by Gasteiger charge is 2.24. The Morgan fingerprint density at radius 1 is 1.40 bits per heavy atom. The molecule has 2 heterocycles. The molecule has 1 aliphatic heterocycles. The number of halogens is 1. The van der Waals surface area contributed by atoms with Crippen LogP contribution in [-0.4, -0.2) is 35.4 Å². The molecule has 1 saturated heterocycles. The summed E-state index contributed by atoms with van der Waals surface area (Å²) in [6.07, 6.45) is 2.39. The van der Waals surface area contributed by atoms with Crippen LogP contribution < -0.4 is 10.7 Å². The van der Waals surface area contributed by atoms with E-state index in [1.165, 1.54) is 18.3 Å². The number of aryl methyl sites for hydroxylation is 1. The minimum atomic E-state index is -0.353. The van der Waals surface area contributed by atoms with Crippen LogP contribution in [0.1, 0.15) is 28.0 Å². The van der Waals surface area contributed by atoms with E-state index in [0.29, 0.717) is 24.6 Å². The van der Waals surface area contributed by atoms with Crippen molar-refractivity contribution in [2.75, 3.05) is 19.6 Å². The van der Waals surface area contributed by atoms with Crippen molar-refractivity contribution >= 4 is 5.91 Å². The van der Waals surface area contributed by atoms with E-state index in [-0.39, 0.29) is 22.7 Å². The summed E-state index contributed by atoms with van der Waals surface area (Å²) in [5.74, 6) is -0.230. The van der Waals surface area contributed by atoms with Gasteiger partial charge in [-0.1, -0.05) is 18.2 Å². The largest absolute Gasteiger partial charge is 0.364 e. The van der Waals surface area contributed by atoms with Crippen LogP contribution in [0.2, 0.25) is 0 Å². The molecule has 2 N–H and O–H groups in total. The van der Waals surface area contributed by atoms with Crippen molar-refractivity contribution in [3.8, 4) is 0 Å². The molecule has 5 nitrogen and oxygen atoms in total. The Labute approximate surface area is 145 Å². The van der Waals surface area contributed by atoms with Crippen LogP contribution in [0.5, 0.6) is 0 Å². The molecule has 0 spiro atoms. The number of H-pyrrole nitrogens is 1. The number of amides is 1. The van der Waals surface area contributed by atoms with Crippen LogP contribution in [0.4, 0.5) is 4.39 Å². The fourth-order valence-electron chi connectivity index (χ4n) is 3.17. The zero-order chi connectivity index (χ0) is 17.8. The number of benzene rings is 1.